The summed E-state index contributed by atoms with van der Waals surface area (Å²) < 4.78 is 5.52. The van der Waals surface area contributed by atoms with Crippen LogP contribution >= 0.6 is 23.5 Å². The predicted molar refractivity (Wildman–Crippen MR) is 90.9 cm³/mol. The van der Waals surface area contributed by atoms with E-state index in [1.165, 1.54) is 17.6 Å². The third kappa shape index (κ3) is 5.32. The van der Waals surface area contributed by atoms with E-state index < -0.39 is 0 Å². The fraction of sp³-hybridized carbons (Fsp3) is 0.571. The normalized spacial score (nSPS) is 18.2. The number of nitrogens with zero attached hydrogens (tertiary/aromatic N) is 1. The summed E-state index contributed by atoms with van der Waals surface area (Å²) in [6.45, 7) is 3.40. The Bertz CT molecular complexity index is 479. The highest BCUT2D eigenvalue weighted by Crippen LogP contribution is 2.28. The fourth-order valence-electron chi connectivity index (χ4n) is 1.98. The smallest absolute Gasteiger partial charge is 0.275 e. The van der Waals surface area contributed by atoms with Crippen molar-refractivity contribution in [2.75, 3.05) is 35.7 Å². The standard InChI is InChI=1S/C14H20N2O3S2/c1-2-3-19-13-7-11(6-12(8-13)16(17)18)15-9-14-10-20-4-5-21-14/h6-8,14-15H,2-5,9-10H2,1H3. The van der Waals surface area contributed by atoms with Gasteiger partial charge in [-0.15, -0.1) is 0 Å². The van der Waals surface area contributed by atoms with Crippen molar-refractivity contribution in [2.45, 2.75) is 18.6 Å². The third-order valence-electron chi connectivity index (χ3n) is 2.99. The monoisotopic (exact) mass is 328 g/mol. The summed E-state index contributed by atoms with van der Waals surface area (Å²) in [5, 5.41) is 14.9. The lowest BCUT2D eigenvalue weighted by Gasteiger charge is -2.21. The van der Waals surface area contributed by atoms with Crippen LogP contribution in [0.5, 0.6) is 5.75 Å². The van der Waals surface area contributed by atoms with Crippen LogP contribution in [-0.4, -0.2) is 40.6 Å². The molecule has 7 heteroatoms. The van der Waals surface area contributed by atoms with Crippen LogP contribution in [-0.2, 0) is 0 Å². The number of hydrogen-bond acceptors (Lipinski definition) is 6. The fourth-order valence-corrected chi connectivity index (χ4v) is 4.59. The average Bonchev–Trinajstić information content (AvgIpc) is 2.51. The number of nitro benzene ring substituents is 1. The number of rotatable bonds is 7. The van der Waals surface area contributed by atoms with Gasteiger partial charge in [0.1, 0.15) is 5.75 Å². The summed E-state index contributed by atoms with van der Waals surface area (Å²) in [7, 11) is 0. The molecule has 5 nitrogen and oxygen atoms in total. The van der Waals surface area contributed by atoms with Gasteiger partial charge in [-0.25, -0.2) is 0 Å². The van der Waals surface area contributed by atoms with Crippen molar-refractivity contribution >= 4 is 34.9 Å². The van der Waals surface area contributed by atoms with Gasteiger partial charge in [0.25, 0.3) is 5.69 Å². The molecule has 21 heavy (non-hydrogen) atoms. The van der Waals surface area contributed by atoms with Crippen molar-refractivity contribution in [3.8, 4) is 5.75 Å². The predicted octanol–water partition coefficient (Wildman–Crippen LogP) is 3.64. The molecule has 0 aliphatic carbocycles. The Morgan fingerprint density at radius 2 is 2.29 bits per heavy atom. The highest BCUT2D eigenvalue weighted by Gasteiger charge is 2.15. The lowest BCUT2D eigenvalue weighted by atomic mass is 10.2. The second-order valence-corrected chi connectivity index (χ2v) is 7.33. The average molecular weight is 328 g/mol. The zero-order valence-corrected chi connectivity index (χ0v) is 13.7. The molecule has 2 rings (SSSR count). The molecule has 1 fully saturated rings. The van der Waals surface area contributed by atoms with Gasteiger partial charge in [-0.05, 0) is 6.42 Å². The van der Waals surface area contributed by atoms with Gasteiger partial charge in [0, 0.05) is 46.9 Å². The minimum absolute atomic E-state index is 0.0665. The van der Waals surface area contributed by atoms with E-state index in [2.05, 4.69) is 5.32 Å². The molecule has 1 aliphatic rings. The molecule has 1 unspecified atom stereocenters. The van der Waals surface area contributed by atoms with Crippen molar-refractivity contribution in [2.24, 2.45) is 0 Å². The highest BCUT2D eigenvalue weighted by atomic mass is 32.2. The quantitative estimate of drug-likeness (QED) is 0.609. The second kappa shape index (κ2) is 8.38. The molecule has 0 saturated carbocycles. The number of nitro groups is 1. The summed E-state index contributed by atoms with van der Waals surface area (Å²) in [6, 6.07) is 4.88. The van der Waals surface area contributed by atoms with Crippen molar-refractivity contribution in [3.63, 3.8) is 0 Å². The molecule has 0 radical (unpaired) electrons. The van der Waals surface area contributed by atoms with Gasteiger partial charge in [0.05, 0.1) is 17.6 Å². The van der Waals surface area contributed by atoms with Gasteiger partial charge in [-0.1, -0.05) is 6.92 Å². The van der Waals surface area contributed by atoms with Crippen LogP contribution in [0.15, 0.2) is 18.2 Å². The van der Waals surface area contributed by atoms with Gasteiger partial charge in [0.2, 0.25) is 0 Å². The first-order valence-electron chi connectivity index (χ1n) is 7.04. The van der Waals surface area contributed by atoms with Crippen LogP contribution in [0.1, 0.15) is 13.3 Å². The number of anilines is 1. The molecule has 0 amide bonds. The van der Waals surface area contributed by atoms with Crippen molar-refractivity contribution in [1.82, 2.24) is 0 Å². The van der Waals surface area contributed by atoms with Crippen molar-refractivity contribution in [1.29, 1.82) is 0 Å². The molecular formula is C14H20N2O3S2. The lowest BCUT2D eigenvalue weighted by Crippen LogP contribution is -2.23. The number of nitrogens with one attached hydrogen (secondary N) is 1. The minimum atomic E-state index is -0.380. The summed E-state index contributed by atoms with van der Waals surface area (Å²) in [5.74, 6) is 4.08. The Morgan fingerprint density at radius 3 is 2.95 bits per heavy atom. The number of benzene rings is 1. The Hall–Kier alpha value is -1.08. The van der Waals surface area contributed by atoms with Gasteiger partial charge < -0.3 is 10.1 Å². The van der Waals surface area contributed by atoms with E-state index in [9.17, 15) is 10.1 Å². The zero-order valence-electron chi connectivity index (χ0n) is 12.0. The zero-order chi connectivity index (χ0) is 15.1. The molecule has 0 aromatic heterocycles. The first kappa shape index (κ1) is 16.3. The third-order valence-corrected chi connectivity index (χ3v) is 5.84. The maximum absolute atomic E-state index is 11.0. The highest BCUT2D eigenvalue weighted by molar-refractivity contribution is 8.06. The number of ether oxygens (including phenoxy) is 1. The van der Waals surface area contributed by atoms with Gasteiger partial charge in [-0.3, -0.25) is 10.1 Å². The molecular weight excluding hydrogens is 308 g/mol. The van der Waals surface area contributed by atoms with Gasteiger partial charge in [0.15, 0.2) is 0 Å². The summed E-state index contributed by atoms with van der Waals surface area (Å²) >= 11 is 3.93. The van der Waals surface area contributed by atoms with Crippen LogP contribution in [0.4, 0.5) is 11.4 Å². The Kier molecular flexibility index (Phi) is 6.50. The van der Waals surface area contributed by atoms with Crippen LogP contribution < -0.4 is 10.1 Å². The first-order chi connectivity index (χ1) is 10.2. The summed E-state index contributed by atoms with van der Waals surface area (Å²) in [6.07, 6.45) is 0.876. The van der Waals surface area contributed by atoms with Crippen LogP contribution in [0.3, 0.4) is 0 Å². The topological polar surface area (TPSA) is 64.4 Å². The summed E-state index contributed by atoms with van der Waals surface area (Å²) in [4.78, 5) is 10.6. The Morgan fingerprint density at radius 1 is 1.43 bits per heavy atom. The van der Waals surface area contributed by atoms with E-state index in [1.54, 1.807) is 6.07 Å². The van der Waals surface area contributed by atoms with Gasteiger partial charge in [-0.2, -0.15) is 23.5 Å². The lowest BCUT2D eigenvalue weighted by molar-refractivity contribution is -0.384. The van der Waals surface area contributed by atoms with E-state index in [-0.39, 0.29) is 10.6 Å². The van der Waals surface area contributed by atoms with E-state index in [4.69, 9.17) is 4.74 Å². The molecule has 1 atom stereocenters. The molecule has 1 aromatic carbocycles. The molecule has 116 valence electrons. The molecule has 1 heterocycles. The van der Waals surface area contributed by atoms with Crippen LogP contribution in [0.25, 0.3) is 0 Å². The van der Waals surface area contributed by atoms with Crippen LogP contribution in [0, 0.1) is 10.1 Å². The molecule has 0 spiro atoms. The maximum atomic E-state index is 11.0. The first-order valence-corrected chi connectivity index (χ1v) is 9.25. The van der Waals surface area contributed by atoms with Gasteiger partial charge >= 0.3 is 0 Å². The van der Waals surface area contributed by atoms with E-state index in [1.807, 2.05) is 36.5 Å². The second-order valence-electron chi connectivity index (χ2n) is 4.77. The molecule has 1 aliphatic heterocycles. The molecule has 0 bridgehead atoms. The van der Waals surface area contributed by atoms with E-state index in [0.717, 1.165) is 24.4 Å². The van der Waals surface area contributed by atoms with Crippen molar-refractivity contribution in [3.05, 3.63) is 28.3 Å². The Labute approximate surface area is 133 Å². The number of hydrogen-bond donors (Lipinski definition) is 1. The number of thioether (sulfide) groups is 2. The SMILES string of the molecule is CCCOc1cc(NCC2CSCCS2)cc([N+](=O)[O-])c1. The molecule has 1 aromatic rings. The van der Waals surface area contributed by atoms with Crippen LogP contribution in [0.2, 0.25) is 0 Å². The minimum Gasteiger partial charge on any atom is -0.493 e. The van der Waals surface area contributed by atoms with E-state index >= 15 is 0 Å². The van der Waals surface area contributed by atoms with E-state index in [0.29, 0.717) is 17.6 Å². The summed E-state index contributed by atoms with van der Waals surface area (Å²) in [5.41, 5.74) is 0.822. The largest absolute Gasteiger partial charge is 0.493 e. The molecule has 1 saturated heterocycles. The maximum Gasteiger partial charge on any atom is 0.275 e. The molecule has 1 N–H and O–H groups in total. The van der Waals surface area contributed by atoms with Crippen molar-refractivity contribution < 1.29 is 9.66 Å². The number of non-ortho nitro benzene ring substituents is 1. The Balaban J connectivity index is 2.02.